The van der Waals surface area contributed by atoms with Gasteiger partial charge in [-0.3, -0.25) is 9.78 Å². The molecular weight excluding hydrogens is 239 g/mol. The molecule has 1 amide bonds. The minimum atomic E-state index is -0.589. The van der Waals surface area contributed by atoms with Gasteiger partial charge in [0.2, 0.25) is 0 Å². The number of hydrogen-bond donors (Lipinski definition) is 3. The van der Waals surface area contributed by atoms with Crippen molar-refractivity contribution in [1.82, 2.24) is 10.3 Å². The summed E-state index contributed by atoms with van der Waals surface area (Å²) in [5.41, 5.74) is 5.61. The Hall–Kier alpha value is -2.18. The van der Waals surface area contributed by atoms with Crippen LogP contribution < -0.4 is 11.1 Å². The summed E-state index contributed by atoms with van der Waals surface area (Å²) in [6, 6.07) is 0.559. The van der Waals surface area contributed by atoms with Gasteiger partial charge in [0.25, 0.3) is 5.91 Å². The molecule has 0 saturated heterocycles. The number of hydrogen-bond acceptors (Lipinski definition) is 4. The van der Waals surface area contributed by atoms with Crippen molar-refractivity contribution in [1.29, 1.82) is 0 Å². The lowest BCUT2D eigenvalue weighted by Crippen LogP contribution is -2.46. The Labute approximate surface area is 103 Å². The van der Waals surface area contributed by atoms with E-state index in [2.05, 4.69) is 15.5 Å². The van der Waals surface area contributed by atoms with Gasteiger partial charge in [-0.25, -0.2) is 4.39 Å². The Morgan fingerprint density at radius 1 is 1.61 bits per heavy atom. The molecule has 0 radical (unpaired) electrons. The van der Waals surface area contributed by atoms with E-state index in [9.17, 15) is 9.18 Å². The van der Waals surface area contributed by atoms with Crippen molar-refractivity contribution in [3.63, 3.8) is 0 Å². The fourth-order valence-corrected chi connectivity index (χ4v) is 1.69. The molecule has 0 aliphatic heterocycles. The first-order valence-corrected chi connectivity index (χ1v) is 5.50. The lowest BCUT2D eigenvalue weighted by molar-refractivity contribution is 0.0942. The zero-order valence-electron chi connectivity index (χ0n) is 9.51. The first-order chi connectivity index (χ1) is 8.61. The van der Waals surface area contributed by atoms with Crippen LogP contribution in [0, 0.1) is 11.7 Å². The number of nitrogens with one attached hydrogen (secondary N) is 1. The molecule has 7 heteroatoms. The second kappa shape index (κ2) is 4.99. The van der Waals surface area contributed by atoms with Crippen molar-refractivity contribution >= 4 is 11.7 Å². The van der Waals surface area contributed by atoms with Crippen LogP contribution in [0.2, 0.25) is 0 Å². The van der Waals surface area contributed by atoms with E-state index >= 15 is 0 Å². The van der Waals surface area contributed by atoms with Gasteiger partial charge in [-0.2, -0.15) is 0 Å². The maximum Gasteiger partial charge on any atom is 0.253 e. The number of nitrogens with zero attached hydrogens (tertiary/aromatic N) is 2. The molecule has 1 atom stereocenters. The fourth-order valence-electron chi connectivity index (χ4n) is 1.69. The van der Waals surface area contributed by atoms with Crippen LogP contribution in [-0.4, -0.2) is 28.0 Å². The number of amidine groups is 1. The number of carbonyl (C=O) groups excluding carboxylic acids is 1. The number of halogens is 1. The lowest BCUT2D eigenvalue weighted by Gasteiger charge is -2.16. The molecule has 4 N–H and O–H groups in total. The Kier molecular flexibility index (Phi) is 3.40. The van der Waals surface area contributed by atoms with E-state index in [1.165, 1.54) is 6.20 Å². The highest BCUT2D eigenvalue weighted by Crippen LogP contribution is 2.32. The highest BCUT2D eigenvalue weighted by atomic mass is 19.1. The molecule has 0 spiro atoms. The topological polar surface area (TPSA) is 101 Å². The van der Waals surface area contributed by atoms with Crippen molar-refractivity contribution in [2.24, 2.45) is 16.8 Å². The average Bonchev–Trinajstić information content (AvgIpc) is 3.19. The molecule has 18 heavy (non-hydrogen) atoms. The zero-order chi connectivity index (χ0) is 13.1. The van der Waals surface area contributed by atoms with Crippen LogP contribution >= 0.6 is 0 Å². The third kappa shape index (κ3) is 2.73. The smallest absolute Gasteiger partial charge is 0.253 e. The van der Waals surface area contributed by atoms with Gasteiger partial charge in [0.05, 0.1) is 17.8 Å². The number of amides is 1. The molecule has 1 unspecified atom stereocenters. The molecule has 1 aliphatic rings. The summed E-state index contributed by atoms with van der Waals surface area (Å²) < 4.78 is 12.9. The summed E-state index contributed by atoms with van der Waals surface area (Å²) in [5.74, 6) is -0.957. The van der Waals surface area contributed by atoms with Crippen LogP contribution in [0.1, 0.15) is 23.2 Å². The van der Waals surface area contributed by atoms with Crippen LogP contribution in [0.4, 0.5) is 4.39 Å². The van der Waals surface area contributed by atoms with Crippen molar-refractivity contribution < 1.29 is 14.4 Å². The Bertz CT molecular complexity index is 488. The SMILES string of the molecule is N/C(=N/O)C(NC(=O)c1cncc(F)c1)C1CC1. The van der Waals surface area contributed by atoms with E-state index in [-0.39, 0.29) is 17.3 Å². The van der Waals surface area contributed by atoms with Crippen LogP contribution in [0.25, 0.3) is 0 Å². The van der Waals surface area contributed by atoms with Crippen molar-refractivity contribution in [3.8, 4) is 0 Å². The molecule has 96 valence electrons. The maximum absolute atomic E-state index is 12.9. The summed E-state index contributed by atoms with van der Waals surface area (Å²) in [5, 5.41) is 14.2. The third-order valence-electron chi connectivity index (χ3n) is 2.78. The summed E-state index contributed by atoms with van der Waals surface area (Å²) in [6.07, 6.45) is 4.08. The zero-order valence-corrected chi connectivity index (χ0v) is 9.51. The molecular formula is C11H13FN4O2. The summed E-state index contributed by atoms with van der Waals surface area (Å²) in [4.78, 5) is 15.4. The standard InChI is InChI=1S/C11H13FN4O2/c12-8-3-7(4-14-5-8)11(17)15-9(6-1-2-6)10(13)16-18/h3-6,9,18H,1-2H2,(H2,13,16)(H,15,17). The molecule has 2 rings (SSSR count). The molecule has 1 aromatic rings. The van der Waals surface area contributed by atoms with Gasteiger partial charge >= 0.3 is 0 Å². The highest BCUT2D eigenvalue weighted by Gasteiger charge is 2.35. The number of carbonyl (C=O) groups is 1. The van der Waals surface area contributed by atoms with Crippen LogP contribution in [0.15, 0.2) is 23.6 Å². The van der Waals surface area contributed by atoms with Crippen molar-refractivity contribution in [2.75, 3.05) is 0 Å². The number of oxime groups is 1. The number of pyridine rings is 1. The predicted molar refractivity (Wildman–Crippen MR) is 61.6 cm³/mol. The minimum Gasteiger partial charge on any atom is -0.409 e. The van der Waals surface area contributed by atoms with Crippen molar-refractivity contribution in [2.45, 2.75) is 18.9 Å². The van der Waals surface area contributed by atoms with Gasteiger partial charge in [-0.15, -0.1) is 0 Å². The van der Waals surface area contributed by atoms with Gasteiger partial charge in [0.15, 0.2) is 5.84 Å². The number of rotatable bonds is 4. The molecule has 1 aromatic heterocycles. The largest absolute Gasteiger partial charge is 0.409 e. The Balaban J connectivity index is 2.10. The Morgan fingerprint density at radius 2 is 2.33 bits per heavy atom. The van der Waals surface area contributed by atoms with E-state index < -0.39 is 17.8 Å². The van der Waals surface area contributed by atoms with Gasteiger partial charge < -0.3 is 16.3 Å². The van der Waals surface area contributed by atoms with Crippen LogP contribution in [0.3, 0.4) is 0 Å². The van der Waals surface area contributed by atoms with Gasteiger partial charge in [0, 0.05) is 6.20 Å². The molecule has 1 heterocycles. The normalized spacial score (nSPS) is 17.3. The molecule has 0 aromatic carbocycles. The number of aromatic nitrogens is 1. The van der Waals surface area contributed by atoms with Crippen molar-refractivity contribution in [3.05, 3.63) is 29.8 Å². The summed E-state index contributed by atoms with van der Waals surface area (Å²) in [7, 11) is 0. The summed E-state index contributed by atoms with van der Waals surface area (Å²) >= 11 is 0. The van der Waals surface area contributed by atoms with Gasteiger partial charge in [-0.05, 0) is 24.8 Å². The highest BCUT2D eigenvalue weighted by molar-refractivity contribution is 5.98. The fraction of sp³-hybridized carbons (Fsp3) is 0.364. The summed E-state index contributed by atoms with van der Waals surface area (Å²) in [6.45, 7) is 0. The second-order valence-electron chi connectivity index (χ2n) is 4.21. The third-order valence-corrected chi connectivity index (χ3v) is 2.78. The molecule has 1 saturated carbocycles. The van der Waals surface area contributed by atoms with E-state index in [0.29, 0.717) is 0 Å². The average molecular weight is 252 g/mol. The lowest BCUT2D eigenvalue weighted by atomic mass is 10.1. The molecule has 1 aliphatic carbocycles. The predicted octanol–water partition coefficient (Wildman–Crippen LogP) is 0.475. The second-order valence-corrected chi connectivity index (χ2v) is 4.21. The van der Waals surface area contributed by atoms with Gasteiger partial charge in [0.1, 0.15) is 5.82 Å². The minimum absolute atomic E-state index is 0.0461. The Morgan fingerprint density at radius 3 is 2.89 bits per heavy atom. The molecule has 6 nitrogen and oxygen atoms in total. The quantitative estimate of drug-likeness (QED) is 0.314. The molecule has 1 fully saturated rings. The van der Waals surface area contributed by atoms with Gasteiger partial charge in [-0.1, -0.05) is 5.16 Å². The van der Waals surface area contributed by atoms with Crippen LogP contribution in [0.5, 0.6) is 0 Å². The van der Waals surface area contributed by atoms with E-state index in [1.807, 2.05) is 0 Å². The first kappa shape index (κ1) is 12.3. The van der Waals surface area contributed by atoms with Crippen LogP contribution in [-0.2, 0) is 0 Å². The maximum atomic E-state index is 12.9. The monoisotopic (exact) mass is 252 g/mol. The van der Waals surface area contributed by atoms with E-state index in [0.717, 1.165) is 25.1 Å². The number of nitrogens with two attached hydrogens (primary N) is 1. The molecule has 0 bridgehead atoms. The van der Waals surface area contributed by atoms with E-state index in [4.69, 9.17) is 10.9 Å². The van der Waals surface area contributed by atoms with E-state index in [1.54, 1.807) is 0 Å². The first-order valence-electron chi connectivity index (χ1n) is 5.50.